The molecule has 4 aromatic rings. The average molecular weight is 601 g/mol. The first-order valence-electron chi connectivity index (χ1n) is 13.1. The van der Waals surface area contributed by atoms with Crippen molar-refractivity contribution in [2.45, 2.75) is 38.6 Å². The Morgan fingerprint density at radius 2 is 2.02 bits per heavy atom. The number of nitrogens with one attached hydrogen (secondary N) is 1. The van der Waals surface area contributed by atoms with Gasteiger partial charge in [0.2, 0.25) is 10.0 Å². The molecule has 4 heterocycles. The van der Waals surface area contributed by atoms with E-state index in [4.69, 9.17) is 16.3 Å². The molecule has 1 unspecified atom stereocenters. The lowest BCUT2D eigenvalue weighted by Crippen LogP contribution is -2.65. The summed E-state index contributed by atoms with van der Waals surface area (Å²) in [6.07, 6.45) is 6.20. The Balaban J connectivity index is 1.47. The van der Waals surface area contributed by atoms with Gasteiger partial charge in [0.15, 0.2) is 11.0 Å². The highest BCUT2D eigenvalue weighted by Crippen LogP contribution is 2.39. The van der Waals surface area contributed by atoms with Gasteiger partial charge in [-0.3, -0.25) is 4.68 Å². The topological polar surface area (TPSA) is 139 Å². The molecule has 3 aromatic heterocycles. The van der Waals surface area contributed by atoms with Crippen molar-refractivity contribution in [1.82, 2.24) is 29.0 Å². The molecule has 14 heteroatoms. The maximum absolute atomic E-state index is 12.1. The molecule has 0 aliphatic carbocycles. The Hall–Kier alpha value is -3.36. The van der Waals surface area contributed by atoms with Gasteiger partial charge in [-0.25, -0.2) is 23.4 Å². The molecule has 1 aliphatic heterocycles. The van der Waals surface area contributed by atoms with Crippen molar-refractivity contribution >= 4 is 49.7 Å². The number of aliphatic hydroxyl groups excluding tert-OH is 1. The van der Waals surface area contributed by atoms with Crippen LogP contribution in [-0.2, 0) is 21.3 Å². The molecule has 41 heavy (non-hydrogen) atoms. The van der Waals surface area contributed by atoms with Gasteiger partial charge in [-0.1, -0.05) is 17.7 Å². The number of rotatable bonds is 10. The van der Waals surface area contributed by atoms with E-state index in [-0.39, 0.29) is 29.9 Å². The number of likely N-dealkylation sites (N-methyl/N-ethyl adjacent to an activating group) is 1. The fourth-order valence-corrected chi connectivity index (χ4v) is 6.04. The molecule has 1 fully saturated rings. The predicted molar refractivity (Wildman–Crippen MR) is 159 cm³/mol. The number of ether oxygens (including phenoxy) is 1. The minimum absolute atomic E-state index is 0.00516. The van der Waals surface area contributed by atoms with E-state index in [1.165, 1.54) is 10.6 Å². The second kappa shape index (κ2) is 11.5. The van der Waals surface area contributed by atoms with Crippen molar-refractivity contribution in [2.24, 2.45) is 0 Å². The van der Waals surface area contributed by atoms with Gasteiger partial charge < -0.3 is 20.1 Å². The third-order valence-electron chi connectivity index (χ3n) is 7.63. The third-order valence-corrected chi connectivity index (χ3v) is 9.23. The van der Waals surface area contributed by atoms with E-state index in [2.05, 4.69) is 30.3 Å². The zero-order valence-corrected chi connectivity index (χ0v) is 25.1. The number of halogens is 1. The van der Waals surface area contributed by atoms with E-state index in [0.29, 0.717) is 36.1 Å². The molecule has 1 aliphatic rings. The summed E-state index contributed by atoms with van der Waals surface area (Å²) in [5.74, 6) is 1.49. The van der Waals surface area contributed by atoms with Gasteiger partial charge in [-0.05, 0) is 43.0 Å². The molecule has 1 aromatic carbocycles. The molecule has 0 radical (unpaired) electrons. The van der Waals surface area contributed by atoms with Crippen LogP contribution in [0.3, 0.4) is 0 Å². The minimum atomic E-state index is -3.29. The molecule has 0 saturated carbocycles. The van der Waals surface area contributed by atoms with Gasteiger partial charge >= 0.3 is 0 Å². The van der Waals surface area contributed by atoms with Crippen LogP contribution in [-0.4, -0.2) is 88.2 Å². The molecule has 1 saturated heterocycles. The highest BCUT2D eigenvalue weighted by molar-refractivity contribution is 7.88. The van der Waals surface area contributed by atoms with Crippen LogP contribution in [0.4, 0.5) is 17.3 Å². The van der Waals surface area contributed by atoms with E-state index < -0.39 is 10.0 Å². The minimum Gasteiger partial charge on any atom is -0.394 e. The number of benzene rings is 1. The summed E-state index contributed by atoms with van der Waals surface area (Å²) < 4.78 is 32.8. The molecular weight excluding hydrogens is 568 g/mol. The Bertz CT molecular complexity index is 1680. The summed E-state index contributed by atoms with van der Waals surface area (Å²) in [6.45, 7) is 4.86. The Morgan fingerprint density at radius 1 is 1.24 bits per heavy atom. The van der Waals surface area contributed by atoms with Crippen molar-refractivity contribution in [2.75, 3.05) is 43.8 Å². The van der Waals surface area contributed by atoms with Gasteiger partial charge in [0.05, 0.1) is 37.1 Å². The first kappa shape index (κ1) is 29.1. The summed E-state index contributed by atoms with van der Waals surface area (Å²) in [7, 11) is 0.00979. The molecule has 0 bridgehead atoms. The maximum Gasteiger partial charge on any atom is 0.211 e. The van der Waals surface area contributed by atoms with Crippen molar-refractivity contribution in [1.29, 1.82) is 0 Å². The van der Waals surface area contributed by atoms with Gasteiger partial charge in [-0.15, -0.1) is 0 Å². The molecule has 3 atom stereocenters. The molecule has 2 N–H and O–H groups in total. The average Bonchev–Trinajstić information content (AvgIpc) is 3.31. The van der Waals surface area contributed by atoms with E-state index in [1.54, 1.807) is 37.3 Å². The first-order chi connectivity index (χ1) is 19.5. The Morgan fingerprint density at radius 3 is 2.71 bits per heavy atom. The SMILES string of the molecule is COC(C)c1ccc(N2C[C@H](N(C)S(C)(=O)=O)[C@H]2C)c2cnc(Nc3ccnc(-c4cn(CCO)nc4Cl)n3)cc12. The molecule has 0 amide bonds. The number of nitrogens with zero attached hydrogens (tertiary/aromatic N) is 7. The second-order valence-electron chi connectivity index (χ2n) is 10.1. The number of sulfonamides is 1. The van der Waals surface area contributed by atoms with E-state index >= 15 is 0 Å². The summed E-state index contributed by atoms with van der Waals surface area (Å²) in [6, 6.07) is 7.67. The van der Waals surface area contributed by atoms with Gasteiger partial charge in [0.25, 0.3) is 0 Å². The van der Waals surface area contributed by atoms with Crippen LogP contribution in [0.1, 0.15) is 25.5 Å². The number of fused-ring (bicyclic) bond motifs is 1. The number of aromatic nitrogens is 5. The zero-order chi connectivity index (χ0) is 29.5. The smallest absolute Gasteiger partial charge is 0.211 e. The first-order valence-corrected chi connectivity index (χ1v) is 15.3. The van der Waals surface area contributed by atoms with Crippen LogP contribution in [0.15, 0.2) is 42.9 Å². The van der Waals surface area contributed by atoms with Crippen LogP contribution in [0.2, 0.25) is 5.15 Å². The maximum atomic E-state index is 12.1. The standard InChI is InChI=1S/C27H33ClN8O4S/c1-16-23(34(3)41(5,38)39)15-36(16)22-7-6-18(17(2)40-4)19-12-25(30-13-20(19)22)31-24-8-9-29-27(32-24)21-14-35(10-11-37)33-26(21)28/h6-9,12-14,16-17,23,37H,10-11,15H2,1-5H3,(H,29,30,31,32)/t16-,17?,23+/m1/s1. The fourth-order valence-electron chi connectivity index (χ4n) is 5.07. The largest absolute Gasteiger partial charge is 0.394 e. The zero-order valence-electron chi connectivity index (χ0n) is 23.5. The molecule has 218 valence electrons. The second-order valence-corrected chi connectivity index (χ2v) is 12.5. The molecular formula is C27H33ClN8O4S. The van der Waals surface area contributed by atoms with Crippen LogP contribution < -0.4 is 10.2 Å². The lowest BCUT2D eigenvalue weighted by Gasteiger charge is -2.51. The number of hydrogen-bond donors (Lipinski definition) is 2. The number of hydrogen-bond acceptors (Lipinski definition) is 10. The Labute approximate surface area is 244 Å². The van der Waals surface area contributed by atoms with Crippen LogP contribution in [0, 0.1) is 0 Å². The number of aliphatic hydroxyl groups is 1. The summed E-state index contributed by atoms with van der Waals surface area (Å²) >= 11 is 6.30. The highest BCUT2D eigenvalue weighted by atomic mass is 35.5. The number of anilines is 3. The van der Waals surface area contributed by atoms with Gasteiger partial charge in [0, 0.05) is 56.4 Å². The number of methoxy groups -OCH3 is 1. The van der Waals surface area contributed by atoms with Gasteiger partial charge in [-0.2, -0.15) is 9.40 Å². The lowest BCUT2D eigenvalue weighted by molar-refractivity contribution is 0.121. The fraction of sp³-hybridized carbons (Fsp3) is 0.407. The van der Waals surface area contributed by atoms with E-state index in [1.807, 2.05) is 38.2 Å². The van der Waals surface area contributed by atoms with Crippen molar-refractivity contribution < 1.29 is 18.3 Å². The molecule has 5 rings (SSSR count). The lowest BCUT2D eigenvalue weighted by atomic mass is 9.93. The van der Waals surface area contributed by atoms with Gasteiger partial charge in [0.1, 0.15) is 11.6 Å². The van der Waals surface area contributed by atoms with Crippen LogP contribution in [0.25, 0.3) is 22.2 Å². The summed E-state index contributed by atoms with van der Waals surface area (Å²) in [5, 5.41) is 18.8. The normalized spacial score (nSPS) is 18.1. The van der Waals surface area contributed by atoms with E-state index in [0.717, 1.165) is 22.0 Å². The van der Waals surface area contributed by atoms with Crippen molar-refractivity contribution in [3.63, 3.8) is 0 Å². The van der Waals surface area contributed by atoms with Crippen LogP contribution >= 0.6 is 11.6 Å². The predicted octanol–water partition coefficient (Wildman–Crippen LogP) is 3.45. The summed E-state index contributed by atoms with van der Waals surface area (Å²) in [4.78, 5) is 15.8. The van der Waals surface area contributed by atoms with Crippen LogP contribution in [0.5, 0.6) is 0 Å². The quantitative estimate of drug-likeness (QED) is 0.278. The molecule has 12 nitrogen and oxygen atoms in total. The monoisotopic (exact) mass is 600 g/mol. The van der Waals surface area contributed by atoms with Crippen molar-refractivity contribution in [3.05, 3.63) is 53.6 Å². The molecule has 0 spiro atoms. The van der Waals surface area contributed by atoms with Crippen molar-refractivity contribution in [3.8, 4) is 11.4 Å². The highest BCUT2D eigenvalue weighted by Gasteiger charge is 2.41. The van der Waals surface area contributed by atoms with E-state index in [9.17, 15) is 13.5 Å². The Kier molecular flexibility index (Phi) is 8.17. The third kappa shape index (κ3) is 5.72. The summed E-state index contributed by atoms with van der Waals surface area (Å²) in [5.41, 5.74) is 2.54. The number of pyridine rings is 1.